The van der Waals surface area contributed by atoms with Crippen molar-refractivity contribution in [2.24, 2.45) is 0 Å². The fourth-order valence-electron chi connectivity index (χ4n) is 2.14. The Labute approximate surface area is 128 Å². The van der Waals surface area contributed by atoms with Gasteiger partial charge in [0.25, 0.3) is 0 Å². The van der Waals surface area contributed by atoms with Crippen LogP contribution in [0.15, 0.2) is 36.4 Å². The first-order valence-corrected chi connectivity index (χ1v) is 6.60. The van der Waals surface area contributed by atoms with E-state index in [1.807, 2.05) is 0 Å². The first-order chi connectivity index (χ1) is 10.5. The van der Waals surface area contributed by atoms with Crippen molar-refractivity contribution in [2.75, 3.05) is 5.32 Å². The van der Waals surface area contributed by atoms with E-state index in [0.717, 1.165) is 0 Å². The largest absolute Gasteiger partial charge is 0.477 e. The summed E-state index contributed by atoms with van der Waals surface area (Å²) in [5, 5.41) is 12.3. The third-order valence-corrected chi connectivity index (χ3v) is 3.46. The van der Waals surface area contributed by atoms with Crippen LogP contribution in [0.4, 0.5) is 20.2 Å². The molecule has 3 aromatic rings. The average Bonchev–Trinajstić information content (AvgIpc) is 2.92. The van der Waals surface area contributed by atoms with Crippen molar-refractivity contribution < 1.29 is 18.7 Å². The molecule has 0 unspecified atom stereocenters. The normalized spacial score (nSPS) is 10.9. The van der Waals surface area contributed by atoms with Gasteiger partial charge >= 0.3 is 5.97 Å². The van der Waals surface area contributed by atoms with E-state index in [1.165, 1.54) is 36.4 Å². The number of benzene rings is 2. The summed E-state index contributed by atoms with van der Waals surface area (Å²) in [6.07, 6.45) is 0. The molecule has 3 N–H and O–H groups in total. The number of carbonyl (C=O) groups is 1. The molecule has 0 amide bonds. The Hall–Kier alpha value is -2.60. The lowest BCUT2D eigenvalue weighted by Crippen LogP contribution is -1.95. The molecule has 7 heteroatoms. The van der Waals surface area contributed by atoms with E-state index in [4.69, 9.17) is 16.7 Å². The van der Waals surface area contributed by atoms with Gasteiger partial charge in [-0.25, -0.2) is 13.6 Å². The number of carboxylic acid groups (broad SMARTS) is 1. The van der Waals surface area contributed by atoms with Crippen LogP contribution in [0.2, 0.25) is 5.02 Å². The summed E-state index contributed by atoms with van der Waals surface area (Å²) in [5.41, 5.74) is 0.927. The van der Waals surface area contributed by atoms with Gasteiger partial charge in [0.2, 0.25) is 0 Å². The van der Waals surface area contributed by atoms with Gasteiger partial charge in [0.1, 0.15) is 17.3 Å². The maximum absolute atomic E-state index is 13.8. The van der Waals surface area contributed by atoms with Crippen LogP contribution in [-0.4, -0.2) is 16.1 Å². The molecule has 0 spiro atoms. The minimum Gasteiger partial charge on any atom is -0.477 e. The van der Waals surface area contributed by atoms with Crippen molar-refractivity contribution >= 4 is 39.8 Å². The molecule has 1 heterocycles. The van der Waals surface area contributed by atoms with Gasteiger partial charge in [0.15, 0.2) is 0 Å². The molecular weight excluding hydrogens is 314 g/mol. The van der Waals surface area contributed by atoms with Gasteiger partial charge in [0.05, 0.1) is 10.5 Å². The summed E-state index contributed by atoms with van der Waals surface area (Å²) >= 11 is 5.71. The zero-order valence-corrected chi connectivity index (χ0v) is 11.7. The van der Waals surface area contributed by atoms with Crippen molar-refractivity contribution in [1.82, 2.24) is 4.98 Å². The van der Waals surface area contributed by atoms with Crippen LogP contribution in [0.25, 0.3) is 10.9 Å². The SMILES string of the molecule is O=C(O)c1cc2c(Nc3ccc(F)c(Cl)c3)ccc(F)c2[nH]1. The summed E-state index contributed by atoms with van der Waals surface area (Å²) in [6.45, 7) is 0. The summed E-state index contributed by atoms with van der Waals surface area (Å²) in [5.74, 6) is -2.30. The summed E-state index contributed by atoms with van der Waals surface area (Å²) in [7, 11) is 0. The number of aromatic carboxylic acids is 1. The van der Waals surface area contributed by atoms with Crippen LogP contribution in [0.3, 0.4) is 0 Å². The number of rotatable bonds is 3. The van der Waals surface area contributed by atoms with Crippen LogP contribution in [0.5, 0.6) is 0 Å². The van der Waals surface area contributed by atoms with Crippen LogP contribution < -0.4 is 5.32 Å². The highest BCUT2D eigenvalue weighted by atomic mass is 35.5. The highest BCUT2D eigenvalue weighted by Gasteiger charge is 2.14. The Bertz CT molecular complexity index is 893. The quantitative estimate of drug-likeness (QED) is 0.663. The monoisotopic (exact) mass is 322 g/mol. The van der Waals surface area contributed by atoms with E-state index in [2.05, 4.69) is 10.3 Å². The number of H-pyrrole nitrogens is 1. The maximum atomic E-state index is 13.8. The molecule has 3 rings (SSSR count). The van der Waals surface area contributed by atoms with Crippen molar-refractivity contribution in [3.05, 3.63) is 58.7 Å². The van der Waals surface area contributed by atoms with E-state index in [1.54, 1.807) is 0 Å². The molecule has 0 atom stereocenters. The Balaban J connectivity index is 2.08. The second-order valence-corrected chi connectivity index (χ2v) is 5.03. The van der Waals surface area contributed by atoms with E-state index in [9.17, 15) is 13.6 Å². The molecule has 0 saturated heterocycles. The lowest BCUT2D eigenvalue weighted by Gasteiger charge is -2.09. The summed E-state index contributed by atoms with van der Waals surface area (Å²) < 4.78 is 26.9. The third kappa shape index (κ3) is 2.48. The number of halogens is 3. The number of hydrogen-bond acceptors (Lipinski definition) is 2. The van der Waals surface area contributed by atoms with Crippen molar-refractivity contribution in [3.63, 3.8) is 0 Å². The Kier molecular flexibility index (Phi) is 3.46. The molecule has 0 fully saturated rings. The second kappa shape index (κ2) is 5.31. The van der Waals surface area contributed by atoms with Gasteiger partial charge in [-0.1, -0.05) is 11.6 Å². The van der Waals surface area contributed by atoms with Crippen molar-refractivity contribution in [2.45, 2.75) is 0 Å². The van der Waals surface area contributed by atoms with Gasteiger partial charge in [-0.15, -0.1) is 0 Å². The molecular formula is C15H9ClF2N2O2. The Morgan fingerprint density at radius 2 is 1.86 bits per heavy atom. The lowest BCUT2D eigenvalue weighted by molar-refractivity contribution is 0.0691. The fourth-order valence-corrected chi connectivity index (χ4v) is 2.32. The number of aromatic nitrogens is 1. The van der Waals surface area contributed by atoms with Crippen LogP contribution >= 0.6 is 11.6 Å². The minimum absolute atomic E-state index is 0.0522. The van der Waals surface area contributed by atoms with E-state index in [-0.39, 0.29) is 16.2 Å². The zero-order chi connectivity index (χ0) is 15.9. The maximum Gasteiger partial charge on any atom is 0.352 e. The van der Waals surface area contributed by atoms with Gasteiger partial charge in [-0.2, -0.15) is 0 Å². The Morgan fingerprint density at radius 1 is 1.14 bits per heavy atom. The molecule has 0 saturated carbocycles. The number of aromatic amines is 1. The topological polar surface area (TPSA) is 65.1 Å². The highest BCUT2D eigenvalue weighted by molar-refractivity contribution is 6.31. The molecule has 0 radical (unpaired) electrons. The van der Waals surface area contributed by atoms with Crippen LogP contribution in [0, 0.1) is 11.6 Å². The predicted octanol–water partition coefficient (Wildman–Crippen LogP) is 4.54. The van der Waals surface area contributed by atoms with Crippen LogP contribution in [0.1, 0.15) is 10.5 Å². The van der Waals surface area contributed by atoms with Gasteiger partial charge in [0, 0.05) is 16.8 Å². The lowest BCUT2D eigenvalue weighted by atomic mass is 10.2. The Morgan fingerprint density at radius 3 is 2.55 bits per heavy atom. The van der Waals surface area contributed by atoms with E-state index >= 15 is 0 Å². The highest BCUT2D eigenvalue weighted by Crippen LogP contribution is 2.30. The summed E-state index contributed by atoms with van der Waals surface area (Å²) in [6, 6.07) is 8.06. The smallest absolute Gasteiger partial charge is 0.352 e. The molecule has 0 aliphatic rings. The molecule has 0 aliphatic carbocycles. The average molecular weight is 323 g/mol. The standard InChI is InChI=1S/C15H9ClF2N2O2/c16-9-5-7(1-2-10(9)17)19-12-4-3-11(18)14-8(12)6-13(20-14)15(21)22/h1-6,19-20H,(H,21,22). The predicted molar refractivity (Wildman–Crippen MR) is 79.9 cm³/mol. The van der Waals surface area contributed by atoms with Gasteiger partial charge in [-0.05, 0) is 36.4 Å². The number of anilines is 2. The zero-order valence-electron chi connectivity index (χ0n) is 11.0. The molecule has 2 aromatic carbocycles. The van der Waals surface area contributed by atoms with Crippen molar-refractivity contribution in [3.8, 4) is 0 Å². The van der Waals surface area contributed by atoms with Gasteiger partial charge in [-0.3, -0.25) is 0 Å². The first-order valence-electron chi connectivity index (χ1n) is 6.22. The number of fused-ring (bicyclic) bond motifs is 1. The molecule has 1 aromatic heterocycles. The van der Waals surface area contributed by atoms with Crippen LogP contribution in [-0.2, 0) is 0 Å². The molecule has 22 heavy (non-hydrogen) atoms. The number of hydrogen-bond donors (Lipinski definition) is 3. The third-order valence-electron chi connectivity index (χ3n) is 3.17. The number of carboxylic acids is 1. The van der Waals surface area contributed by atoms with E-state index in [0.29, 0.717) is 16.8 Å². The second-order valence-electron chi connectivity index (χ2n) is 4.63. The summed E-state index contributed by atoms with van der Waals surface area (Å²) in [4.78, 5) is 13.5. The number of nitrogens with one attached hydrogen (secondary N) is 2. The van der Waals surface area contributed by atoms with Crippen molar-refractivity contribution in [1.29, 1.82) is 0 Å². The molecule has 112 valence electrons. The van der Waals surface area contributed by atoms with Gasteiger partial charge < -0.3 is 15.4 Å². The molecule has 0 aliphatic heterocycles. The fraction of sp³-hybridized carbons (Fsp3) is 0. The minimum atomic E-state index is -1.19. The molecule has 4 nitrogen and oxygen atoms in total. The van der Waals surface area contributed by atoms with E-state index < -0.39 is 17.6 Å². The molecule has 0 bridgehead atoms. The first kappa shape index (κ1) is 14.3.